The number of amides is 7. The van der Waals surface area contributed by atoms with Gasteiger partial charge in [-0.2, -0.15) is 0 Å². The zero-order chi connectivity index (χ0) is 62.4. The fraction of sp³-hybridized carbons (Fsp3) is 0.517. The molecule has 7 amide bonds. The molecule has 0 fully saturated rings. The summed E-state index contributed by atoms with van der Waals surface area (Å²) in [5, 5.41) is 16.4. The number of imide groups is 2. The summed E-state index contributed by atoms with van der Waals surface area (Å²) in [5.74, 6) is -0.852. The Kier molecular flexibility index (Phi) is 35.9. The van der Waals surface area contributed by atoms with Gasteiger partial charge in [0.25, 0.3) is 5.91 Å². The van der Waals surface area contributed by atoms with E-state index in [1.165, 1.54) is 13.0 Å². The molecular formula is C58H84BBr3ClN7NaO12. The van der Waals surface area contributed by atoms with Crippen LogP contribution in [0.2, 0.25) is 0 Å². The SMILES string of the molecule is C/C=C/C(=O)NC(=O)OC(C)(C)C.CC(=O)Cl.CC(=O)N1c2ccc(Br)cc2[C@@H](NC(=O)OC(C)(C)C)C[C@H]1C.C[C@@H]1C[C@H](NC(=O)OC(C)(C)C)c2cc(Br)ccc2N1.C[C@H](CC(=O)NC(=O)OC(C)(C)C)Nc1ccc(Br)cc1.[B].[H-].[Na+]. The van der Waals surface area contributed by atoms with E-state index in [1.807, 2.05) is 116 Å². The van der Waals surface area contributed by atoms with Gasteiger partial charge in [0.05, 0.1) is 12.1 Å². The molecule has 0 saturated carbocycles. The number of rotatable bonds is 7. The molecule has 0 unspecified atom stereocenters. The molecule has 0 saturated heterocycles. The molecule has 2 aliphatic heterocycles. The number of hydrogen-bond donors (Lipinski definition) is 6. The smallest absolute Gasteiger partial charge is 1.00 e. The number of carbonyl (C=O) groups is 8. The van der Waals surface area contributed by atoms with Crippen LogP contribution in [0.15, 0.2) is 86.2 Å². The molecule has 455 valence electrons. The van der Waals surface area contributed by atoms with Crippen LogP contribution >= 0.6 is 59.4 Å². The normalized spacial score (nSPS) is 16.2. The minimum Gasteiger partial charge on any atom is -1.00 e. The van der Waals surface area contributed by atoms with Gasteiger partial charge in [-0.1, -0.05) is 53.9 Å². The molecule has 83 heavy (non-hydrogen) atoms. The van der Waals surface area contributed by atoms with E-state index in [9.17, 15) is 38.4 Å². The quantitative estimate of drug-likeness (QED) is 0.0557. The second-order valence-corrected chi connectivity index (χ2v) is 26.1. The van der Waals surface area contributed by atoms with E-state index in [2.05, 4.69) is 98.2 Å². The fourth-order valence-electron chi connectivity index (χ4n) is 7.47. The molecule has 6 N–H and O–H groups in total. The van der Waals surface area contributed by atoms with Crippen LogP contribution in [0.3, 0.4) is 0 Å². The monoisotopic (exact) mass is 1380 g/mol. The number of nitrogens with one attached hydrogen (secondary N) is 6. The topological polar surface area (TPSA) is 249 Å². The van der Waals surface area contributed by atoms with Crippen LogP contribution in [0.5, 0.6) is 0 Å². The first-order valence-electron chi connectivity index (χ1n) is 26.1. The average Bonchev–Trinajstić information content (AvgIpc) is 3.25. The van der Waals surface area contributed by atoms with E-state index in [-0.39, 0.29) is 93.1 Å². The van der Waals surface area contributed by atoms with Crippen molar-refractivity contribution >= 4 is 132 Å². The summed E-state index contributed by atoms with van der Waals surface area (Å²) in [6.07, 6.45) is 2.18. The molecule has 25 heteroatoms. The molecule has 2 heterocycles. The van der Waals surface area contributed by atoms with Gasteiger partial charge in [-0.3, -0.25) is 29.8 Å². The third-order valence-corrected chi connectivity index (χ3v) is 11.6. The predicted molar refractivity (Wildman–Crippen MR) is 336 cm³/mol. The maximum Gasteiger partial charge on any atom is 1.00 e. The average molecular weight is 1380 g/mol. The molecule has 3 aromatic rings. The molecule has 19 nitrogen and oxygen atoms in total. The van der Waals surface area contributed by atoms with Gasteiger partial charge in [-0.15, -0.1) is 0 Å². The number of benzene rings is 3. The molecular weight excluding hydrogens is 1300 g/mol. The van der Waals surface area contributed by atoms with Crippen molar-refractivity contribution in [2.75, 3.05) is 15.5 Å². The summed E-state index contributed by atoms with van der Waals surface area (Å²) < 4.78 is 23.5. The summed E-state index contributed by atoms with van der Waals surface area (Å²) >= 11 is 14.9. The summed E-state index contributed by atoms with van der Waals surface area (Å²) in [7, 11) is 0. The Morgan fingerprint density at radius 1 is 0.663 bits per heavy atom. The van der Waals surface area contributed by atoms with Crippen molar-refractivity contribution in [3.63, 3.8) is 0 Å². The standard InChI is InChI=1S/C17H23BrN2O3.C15H21BrN2O3.C15H21BrN2O2.C9H15NO3.C2H3ClO.B.Na.H/c1-10-8-14(19-16(22)23-17(3,4)5)13-9-12(18)6-7-15(13)20(10)11(2)21;1-10(17-12-7-5-11(16)6-8-12)9-13(19)18-14(20)21-15(2,3)4;1-9-7-13(18-14(19)20-15(2,3)4)11-8-10(16)5-6-12(11)17-9;1-5-6-7(11)10-8(12)13-9(2,3)4;1-2(3)4;;;/h6-7,9-10,14H,8H2,1-5H3,(H,19,22);5-8,10,17H,9H2,1-4H3,(H,18,19,20);5-6,8-9,13,17H,7H2,1-4H3,(H,18,19);5-6H,1-4H3,(H,10,11,12);1H3;;;/q;;;;;;+1;-1/b;;;6-5+;;;;/t10-,14+;10-;9-,13+;;;;;/m111...../s1. The zero-order valence-corrected chi connectivity index (χ0v) is 58.9. The first-order valence-corrected chi connectivity index (χ1v) is 28.8. The first kappa shape index (κ1) is 80.4. The maximum absolute atomic E-state index is 12.1. The number of alkyl carbamates (subject to hydrolysis) is 4. The van der Waals surface area contributed by atoms with Crippen molar-refractivity contribution in [1.29, 1.82) is 0 Å². The van der Waals surface area contributed by atoms with Crippen LogP contribution in [0.25, 0.3) is 0 Å². The number of anilines is 3. The van der Waals surface area contributed by atoms with E-state index in [1.54, 1.807) is 66.4 Å². The minimum atomic E-state index is -0.726. The number of halogens is 4. The largest absolute Gasteiger partial charge is 1.00 e. The molecule has 0 bridgehead atoms. The van der Waals surface area contributed by atoms with Gasteiger partial charge in [0.1, 0.15) is 22.4 Å². The van der Waals surface area contributed by atoms with E-state index in [0.717, 1.165) is 48.0 Å². The number of hydrogen-bond acceptors (Lipinski definition) is 14. The summed E-state index contributed by atoms with van der Waals surface area (Å²) in [5.41, 5.74) is 2.58. The van der Waals surface area contributed by atoms with Crippen LogP contribution in [0, 0.1) is 0 Å². The summed E-state index contributed by atoms with van der Waals surface area (Å²) in [6.45, 7) is 32.0. The van der Waals surface area contributed by atoms with Crippen LogP contribution in [-0.4, -0.2) is 96.3 Å². The van der Waals surface area contributed by atoms with Gasteiger partial charge >= 0.3 is 53.9 Å². The Hall–Kier alpha value is -4.65. The van der Waals surface area contributed by atoms with Crippen LogP contribution in [-0.2, 0) is 38.1 Å². The second kappa shape index (κ2) is 37.0. The number of allylic oxidation sites excluding steroid dienone is 1. The first-order chi connectivity index (χ1) is 37.1. The van der Waals surface area contributed by atoms with E-state index >= 15 is 0 Å². The predicted octanol–water partition coefficient (Wildman–Crippen LogP) is 11.2. The number of ether oxygens (including phenoxy) is 4. The maximum atomic E-state index is 12.1. The Labute approximate surface area is 546 Å². The van der Waals surface area contributed by atoms with E-state index < -0.39 is 46.6 Å². The third-order valence-electron chi connectivity index (χ3n) is 10.1. The van der Waals surface area contributed by atoms with E-state index in [0.29, 0.717) is 12.5 Å². The Morgan fingerprint density at radius 3 is 1.52 bits per heavy atom. The van der Waals surface area contributed by atoms with Crippen molar-refractivity contribution in [1.82, 2.24) is 21.3 Å². The van der Waals surface area contributed by atoms with Crippen molar-refractivity contribution < 1.29 is 88.3 Å². The second-order valence-electron chi connectivity index (χ2n) is 22.9. The van der Waals surface area contributed by atoms with E-state index in [4.69, 9.17) is 18.9 Å². The summed E-state index contributed by atoms with van der Waals surface area (Å²) in [4.78, 5) is 92.0. The fourth-order valence-corrected chi connectivity index (χ4v) is 8.49. The molecule has 3 aromatic carbocycles. The minimum absolute atomic E-state index is 0. The van der Waals surface area contributed by atoms with Gasteiger partial charge < -0.3 is 46.5 Å². The van der Waals surface area contributed by atoms with Crippen LogP contribution in [0.1, 0.15) is 169 Å². The van der Waals surface area contributed by atoms with Gasteiger partial charge in [0.2, 0.25) is 17.1 Å². The molecule has 0 aliphatic carbocycles. The van der Waals surface area contributed by atoms with Crippen molar-refractivity contribution in [3.05, 3.63) is 97.4 Å². The molecule has 0 aromatic heterocycles. The third kappa shape index (κ3) is 36.1. The zero-order valence-electron chi connectivity index (χ0n) is 52.4. The van der Waals surface area contributed by atoms with Gasteiger partial charge in [0, 0.05) is 77.3 Å². The molecule has 2 aliphatic rings. The van der Waals surface area contributed by atoms with Crippen LogP contribution in [0.4, 0.5) is 36.2 Å². The molecule has 0 spiro atoms. The molecule has 5 atom stereocenters. The number of carbonyl (C=O) groups excluding carboxylic acids is 8. The van der Waals surface area contributed by atoms with Crippen molar-refractivity contribution in [3.8, 4) is 0 Å². The van der Waals surface area contributed by atoms with Crippen LogP contribution < -0.4 is 66.4 Å². The number of nitrogens with zero attached hydrogens (tertiary/aromatic N) is 1. The molecule has 3 radical (unpaired) electrons. The van der Waals surface area contributed by atoms with Gasteiger partial charge in [0.15, 0.2) is 0 Å². The number of fused-ring (bicyclic) bond motifs is 2. The summed E-state index contributed by atoms with van der Waals surface area (Å²) in [6, 6.07) is 19.4. The van der Waals surface area contributed by atoms with Gasteiger partial charge in [-0.25, -0.2) is 19.2 Å². The Morgan fingerprint density at radius 2 is 1.07 bits per heavy atom. The van der Waals surface area contributed by atoms with Crippen molar-refractivity contribution in [2.24, 2.45) is 0 Å². The Bertz CT molecular complexity index is 2670. The molecule has 5 rings (SSSR count). The van der Waals surface area contributed by atoms with Crippen molar-refractivity contribution in [2.45, 2.75) is 197 Å². The Balaban J connectivity index is -0.00000102. The van der Waals surface area contributed by atoms with Gasteiger partial charge in [-0.05, 0) is 213 Å².